The summed E-state index contributed by atoms with van der Waals surface area (Å²) in [5, 5.41) is 8.07. The summed E-state index contributed by atoms with van der Waals surface area (Å²) in [5.74, 6) is -0.980. The van der Waals surface area contributed by atoms with Crippen LogP contribution in [-0.4, -0.2) is 31.2 Å². The minimum Gasteiger partial charge on any atom is -0.395 e. The number of amides is 2. The molecule has 3 N–H and O–H groups in total. The van der Waals surface area contributed by atoms with Gasteiger partial charge in [-0.1, -0.05) is 17.7 Å². The van der Waals surface area contributed by atoms with E-state index in [2.05, 4.69) is 25.4 Å². The van der Waals surface area contributed by atoms with Gasteiger partial charge in [0.25, 0.3) is 0 Å². The molecular formula is C20H21F2N3O4. The lowest BCUT2D eigenvalue weighted by atomic mass is 10.1. The molecule has 0 spiro atoms. The molecule has 0 fully saturated rings. The van der Waals surface area contributed by atoms with Crippen LogP contribution in [0.4, 0.5) is 20.2 Å². The first-order chi connectivity index (χ1) is 13.6. The molecule has 9 heteroatoms. The van der Waals surface area contributed by atoms with E-state index in [0.717, 1.165) is 22.4 Å². The Bertz CT molecular complexity index is 940. The Morgan fingerprint density at radius 3 is 2.28 bits per heavy atom. The fourth-order valence-corrected chi connectivity index (χ4v) is 3.04. The van der Waals surface area contributed by atoms with E-state index >= 15 is 0 Å². The summed E-state index contributed by atoms with van der Waals surface area (Å²) >= 11 is 0. The molecule has 0 atom stereocenters. The standard InChI is InChI=1S/C20H21F2N3O4/c1-11-6-12(2)19(13(3)7-11)25-18(27)10-24-17(26)9-23-14-4-5-15-16(8-14)29-20(21,22)28-15/h4-8,23H,9-10H2,1-3H3,(H,24,26)(H,25,27). The number of fused-ring (bicyclic) bond motifs is 1. The molecule has 1 aliphatic heterocycles. The summed E-state index contributed by atoms with van der Waals surface area (Å²) in [7, 11) is 0. The van der Waals surface area contributed by atoms with E-state index in [0.29, 0.717) is 5.69 Å². The molecule has 3 rings (SSSR count). The molecule has 0 radical (unpaired) electrons. The van der Waals surface area contributed by atoms with Gasteiger partial charge in [-0.15, -0.1) is 8.78 Å². The number of hydrogen-bond acceptors (Lipinski definition) is 5. The molecule has 0 saturated carbocycles. The number of benzene rings is 2. The van der Waals surface area contributed by atoms with Crippen LogP contribution in [0, 0.1) is 20.8 Å². The van der Waals surface area contributed by atoms with Crippen LogP contribution in [0.3, 0.4) is 0 Å². The largest absolute Gasteiger partial charge is 0.586 e. The Balaban J connectivity index is 1.47. The first kappa shape index (κ1) is 20.4. The lowest BCUT2D eigenvalue weighted by Gasteiger charge is -2.13. The van der Waals surface area contributed by atoms with Crippen LogP contribution < -0.4 is 25.4 Å². The van der Waals surface area contributed by atoms with Crippen LogP contribution in [0.1, 0.15) is 16.7 Å². The fourth-order valence-electron chi connectivity index (χ4n) is 3.04. The first-order valence-corrected chi connectivity index (χ1v) is 8.91. The van der Waals surface area contributed by atoms with Gasteiger partial charge in [0.1, 0.15) is 0 Å². The maximum atomic E-state index is 13.0. The van der Waals surface area contributed by atoms with Gasteiger partial charge in [-0.25, -0.2) is 0 Å². The van der Waals surface area contributed by atoms with Gasteiger partial charge in [-0.2, -0.15) is 0 Å². The smallest absolute Gasteiger partial charge is 0.395 e. The summed E-state index contributed by atoms with van der Waals surface area (Å²) in [6, 6.07) is 8.03. The zero-order chi connectivity index (χ0) is 21.2. The number of halogens is 2. The van der Waals surface area contributed by atoms with Gasteiger partial charge in [0.05, 0.1) is 13.1 Å². The van der Waals surface area contributed by atoms with Crippen molar-refractivity contribution >= 4 is 23.2 Å². The molecule has 7 nitrogen and oxygen atoms in total. The minimum absolute atomic E-state index is 0.0802. The molecule has 0 bridgehead atoms. The monoisotopic (exact) mass is 405 g/mol. The van der Waals surface area contributed by atoms with Crippen LogP contribution in [0.15, 0.2) is 30.3 Å². The third-order valence-corrected chi connectivity index (χ3v) is 4.24. The van der Waals surface area contributed by atoms with Gasteiger partial charge in [0, 0.05) is 17.4 Å². The van der Waals surface area contributed by atoms with Crippen molar-refractivity contribution in [1.29, 1.82) is 0 Å². The highest BCUT2D eigenvalue weighted by atomic mass is 19.3. The van der Waals surface area contributed by atoms with Crippen LogP contribution in [0.25, 0.3) is 0 Å². The summed E-state index contributed by atoms with van der Waals surface area (Å²) in [5.41, 5.74) is 4.11. The van der Waals surface area contributed by atoms with Crippen molar-refractivity contribution in [3.8, 4) is 11.5 Å². The average molecular weight is 405 g/mol. The maximum Gasteiger partial charge on any atom is 0.586 e. The van der Waals surface area contributed by atoms with Crippen LogP contribution in [0.2, 0.25) is 0 Å². The number of carbonyl (C=O) groups excluding carboxylic acids is 2. The second-order valence-electron chi connectivity index (χ2n) is 6.78. The van der Waals surface area contributed by atoms with E-state index in [9.17, 15) is 18.4 Å². The Kier molecular flexibility index (Phi) is 5.58. The highest BCUT2D eigenvalue weighted by Gasteiger charge is 2.43. The van der Waals surface area contributed by atoms with Crippen LogP contribution in [-0.2, 0) is 9.59 Å². The molecule has 29 heavy (non-hydrogen) atoms. The van der Waals surface area contributed by atoms with Gasteiger partial charge < -0.3 is 25.4 Å². The molecule has 1 heterocycles. The fraction of sp³-hybridized carbons (Fsp3) is 0.300. The van der Waals surface area contributed by atoms with E-state index < -0.39 is 12.2 Å². The third-order valence-electron chi connectivity index (χ3n) is 4.24. The second-order valence-corrected chi connectivity index (χ2v) is 6.78. The zero-order valence-corrected chi connectivity index (χ0v) is 16.2. The first-order valence-electron chi connectivity index (χ1n) is 8.91. The molecular weight excluding hydrogens is 384 g/mol. The van der Waals surface area contributed by atoms with Crippen molar-refractivity contribution in [2.75, 3.05) is 23.7 Å². The Morgan fingerprint density at radius 2 is 1.59 bits per heavy atom. The van der Waals surface area contributed by atoms with Crippen molar-refractivity contribution < 1.29 is 27.8 Å². The van der Waals surface area contributed by atoms with Crippen molar-refractivity contribution in [2.24, 2.45) is 0 Å². The van der Waals surface area contributed by atoms with Gasteiger partial charge in [0.15, 0.2) is 11.5 Å². The number of carbonyl (C=O) groups is 2. The number of ether oxygens (including phenoxy) is 2. The zero-order valence-electron chi connectivity index (χ0n) is 16.2. The molecule has 1 aliphatic rings. The van der Waals surface area contributed by atoms with E-state index in [1.165, 1.54) is 18.2 Å². The van der Waals surface area contributed by atoms with Gasteiger partial charge in [-0.05, 0) is 44.0 Å². The average Bonchev–Trinajstić information content (AvgIpc) is 2.94. The second kappa shape index (κ2) is 7.94. The Hall–Kier alpha value is -3.36. The van der Waals surface area contributed by atoms with Crippen molar-refractivity contribution in [3.63, 3.8) is 0 Å². The molecule has 0 aliphatic carbocycles. The number of rotatable bonds is 6. The lowest BCUT2D eigenvalue weighted by molar-refractivity contribution is -0.286. The lowest BCUT2D eigenvalue weighted by Crippen LogP contribution is -2.36. The third kappa shape index (κ3) is 5.13. The summed E-state index contributed by atoms with van der Waals surface area (Å²) in [6.45, 7) is 5.44. The number of anilines is 2. The Labute approximate surface area is 166 Å². The number of alkyl halides is 2. The van der Waals surface area contributed by atoms with Crippen LogP contribution in [0.5, 0.6) is 11.5 Å². The normalized spacial score (nSPS) is 13.7. The Morgan fingerprint density at radius 1 is 0.931 bits per heavy atom. The summed E-state index contributed by atoms with van der Waals surface area (Å²) < 4.78 is 34.7. The molecule has 2 aromatic rings. The molecule has 2 amide bonds. The van der Waals surface area contributed by atoms with E-state index in [4.69, 9.17) is 0 Å². The maximum absolute atomic E-state index is 13.0. The highest BCUT2D eigenvalue weighted by molar-refractivity contribution is 5.96. The van der Waals surface area contributed by atoms with E-state index in [1.54, 1.807) is 0 Å². The molecule has 0 saturated heterocycles. The topological polar surface area (TPSA) is 88.7 Å². The molecule has 154 valence electrons. The quantitative estimate of drug-likeness (QED) is 0.687. The van der Waals surface area contributed by atoms with E-state index in [1.807, 2.05) is 32.9 Å². The SMILES string of the molecule is Cc1cc(C)c(NC(=O)CNC(=O)CNc2ccc3c(c2)OC(F)(F)O3)c(C)c1. The predicted molar refractivity (Wildman–Crippen MR) is 103 cm³/mol. The van der Waals surface area contributed by atoms with Crippen molar-refractivity contribution in [1.82, 2.24) is 5.32 Å². The summed E-state index contributed by atoms with van der Waals surface area (Å²) in [6.07, 6.45) is -3.69. The molecule has 2 aromatic carbocycles. The van der Waals surface area contributed by atoms with Crippen molar-refractivity contribution in [2.45, 2.75) is 27.1 Å². The van der Waals surface area contributed by atoms with Gasteiger partial charge in [-0.3, -0.25) is 9.59 Å². The van der Waals surface area contributed by atoms with E-state index in [-0.39, 0.29) is 30.5 Å². The number of hydrogen-bond donors (Lipinski definition) is 3. The van der Waals surface area contributed by atoms with Gasteiger partial charge in [0.2, 0.25) is 11.8 Å². The molecule has 0 unspecified atom stereocenters. The number of nitrogens with one attached hydrogen (secondary N) is 3. The van der Waals surface area contributed by atoms with Crippen LogP contribution >= 0.6 is 0 Å². The summed E-state index contributed by atoms with van der Waals surface area (Å²) in [4.78, 5) is 24.1. The van der Waals surface area contributed by atoms with Crippen molar-refractivity contribution in [3.05, 3.63) is 47.0 Å². The number of aryl methyl sites for hydroxylation is 3. The van der Waals surface area contributed by atoms with Gasteiger partial charge >= 0.3 is 6.29 Å². The predicted octanol–water partition coefficient (Wildman–Crippen LogP) is 3.10. The highest BCUT2D eigenvalue weighted by Crippen LogP contribution is 2.42. The molecule has 0 aromatic heterocycles. The minimum atomic E-state index is -3.69.